The van der Waals surface area contributed by atoms with Gasteiger partial charge in [-0.3, -0.25) is 4.90 Å². The van der Waals surface area contributed by atoms with Gasteiger partial charge in [0, 0.05) is 31.9 Å². The van der Waals surface area contributed by atoms with E-state index in [4.69, 9.17) is 0 Å². The Morgan fingerprint density at radius 3 is 2.38 bits per heavy atom. The molecule has 1 aromatic heterocycles. The average molecular weight is 435 g/mol. The molecule has 1 aliphatic carbocycles. The summed E-state index contributed by atoms with van der Waals surface area (Å²) in [4.78, 5) is 4.92. The van der Waals surface area contributed by atoms with E-state index in [0.29, 0.717) is 6.04 Å². The highest BCUT2D eigenvalue weighted by atomic mass is 19.1. The van der Waals surface area contributed by atoms with Gasteiger partial charge in [0.15, 0.2) is 5.82 Å². The fourth-order valence-electron chi connectivity index (χ4n) is 5.24. The number of tetrazole rings is 1. The third-order valence-electron chi connectivity index (χ3n) is 7.00. The highest BCUT2D eigenvalue weighted by Crippen LogP contribution is 2.35. The molecular weight excluding hydrogens is 403 g/mol. The Bertz CT molecular complexity index is 1050. The van der Waals surface area contributed by atoms with Crippen molar-refractivity contribution in [3.8, 4) is 0 Å². The smallest absolute Gasteiger partial charge is 0.173 e. The van der Waals surface area contributed by atoms with Crippen molar-refractivity contribution in [1.29, 1.82) is 0 Å². The Hall–Kier alpha value is -2.80. The zero-order valence-electron chi connectivity index (χ0n) is 18.9. The second-order valence-corrected chi connectivity index (χ2v) is 9.19. The normalized spacial score (nSPS) is 18.9. The van der Waals surface area contributed by atoms with Gasteiger partial charge in [-0.2, -0.15) is 0 Å². The molecule has 168 valence electrons. The van der Waals surface area contributed by atoms with Gasteiger partial charge in [0.1, 0.15) is 5.82 Å². The molecule has 0 radical (unpaired) electrons. The summed E-state index contributed by atoms with van der Waals surface area (Å²) >= 11 is 0. The average Bonchev–Trinajstić information content (AvgIpc) is 3.50. The van der Waals surface area contributed by atoms with Crippen molar-refractivity contribution < 1.29 is 4.39 Å². The quantitative estimate of drug-likeness (QED) is 0.594. The number of aromatic nitrogens is 4. The highest BCUT2D eigenvalue weighted by Gasteiger charge is 2.33. The van der Waals surface area contributed by atoms with Crippen LogP contribution in [0.2, 0.25) is 0 Å². The van der Waals surface area contributed by atoms with Crippen molar-refractivity contribution in [3.63, 3.8) is 0 Å². The zero-order valence-corrected chi connectivity index (χ0v) is 18.9. The van der Waals surface area contributed by atoms with Crippen molar-refractivity contribution in [2.45, 2.75) is 51.6 Å². The highest BCUT2D eigenvalue weighted by molar-refractivity contribution is 5.55. The summed E-state index contributed by atoms with van der Waals surface area (Å²) < 4.78 is 15.7. The number of hydrogen-bond acceptors (Lipinski definition) is 5. The standard InChI is InChI=1S/C25H31FN6/c1-18-7-8-19(2)23(17-18)30-13-15-31(16-14-30)24(20-9-11-21(26)12-10-20)25-27-28-29-32(25)22-5-3-4-6-22/h7-12,17,22,24H,3-6,13-16H2,1-2H3. The van der Waals surface area contributed by atoms with E-state index in [1.807, 2.05) is 16.8 Å². The van der Waals surface area contributed by atoms with E-state index in [9.17, 15) is 4.39 Å². The minimum atomic E-state index is -0.220. The summed E-state index contributed by atoms with van der Waals surface area (Å²) in [5, 5.41) is 12.9. The minimum absolute atomic E-state index is 0.0769. The Morgan fingerprint density at radius 1 is 0.938 bits per heavy atom. The van der Waals surface area contributed by atoms with E-state index in [1.165, 1.54) is 29.7 Å². The van der Waals surface area contributed by atoms with Gasteiger partial charge in [0.05, 0.1) is 12.1 Å². The molecule has 3 aromatic rings. The maximum absolute atomic E-state index is 13.7. The van der Waals surface area contributed by atoms with Gasteiger partial charge in [-0.1, -0.05) is 37.1 Å². The lowest BCUT2D eigenvalue weighted by Gasteiger charge is -2.40. The summed E-state index contributed by atoms with van der Waals surface area (Å²) in [7, 11) is 0. The molecule has 0 N–H and O–H groups in total. The van der Waals surface area contributed by atoms with Gasteiger partial charge >= 0.3 is 0 Å². The minimum Gasteiger partial charge on any atom is -0.369 e. The van der Waals surface area contributed by atoms with Crippen LogP contribution in [0.25, 0.3) is 0 Å². The molecule has 1 aliphatic heterocycles. The van der Waals surface area contributed by atoms with Crippen LogP contribution >= 0.6 is 0 Å². The molecule has 1 saturated heterocycles. The zero-order chi connectivity index (χ0) is 22.1. The first-order valence-corrected chi connectivity index (χ1v) is 11.7. The summed E-state index contributed by atoms with van der Waals surface area (Å²) in [6.07, 6.45) is 4.68. The van der Waals surface area contributed by atoms with Crippen LogP contribution in [0.15, 0.2) is 42.5 Å². The Morgan fingerprint density at radius 2 is 1.66 bits per heavy atom. The second-order valence-electron chi connectivity index (χ2n) is 9.19. The number of nitrogens with zero attached hydrogens (tertiary/aromatic N) is 6. The van der Waals surface area contributed by atoms with Gasteiger partial charge in [-0.25, -0.2) is 9.07 Å². The van der Waals surface area contributed by atoms with E-state index in [1.54, 1.807) is 12.1 Å². The van der Waals surface area contributed by atoms with Crippen molar-refractivity contribution in [2.24, 2.45) is 0 Å². The monoisotopic (exact) mass is 434 g/mol. The SMILES string of the molecule is Cc1ccc(C)c(N2CCN(C(c3ccc(F)cc3)c3nnnn3C3CCCC3)CC2)c1. The number of piperazine rings is 1. The molecule has 1 atom stereocenters. The van der Waals surface area contributed by atoms with E-state index >= 15 is 0 Å². The fourth-order valence-corrected chi connectivity index (χ4v) is 5.24. The summed E-state index contributed by atoms with van der Waals surface area (Å²) in [6.45, 7) is 7.99. The molecule has 2 aliphatic rings. The van der Waals surface area contributed by atoms with Crippen molar-refractivity contribution >= 4 is 5.69 Å². The largest absolute Gasteiger partial charge is 0.369 e. The molecule has 1 saturated carbocycles. The molecule has 2 fully saturated rings. The van der Waals surface area contributed by atoms with Crippen molar-refractivity contribution in [2.75, 3.05) is 31.1 Å². The predicted molar refractivity (Wildman–Crippen MR) is 123 cm³/mol. The predicted octanol–water partition coefficient (Wildman–Crippen LogP) is 4.46. The van der Waals surface area contributed by atoms with Gasteiger partial charge in [-0.05, 0) is 72.0 Å². The maximum Gasteiger partial charge on any atom is 0.173 e. The number of aryl methyl sites for hydroxylation is 2. The molecule has 6 nitrogen and oxygen atoms in total. The second kappa shape index (κ2) is 8.98. The molecular formula is C25H31FN6. The van der Waals surface area contributed by atoms with Crippen LogP contribution in [-0.2, 0) is 0 Å². The van der Waals surface area contributed by atoms with Gasteiger partial charge in [0.25, 0.3) is 0 Å². The molecule has 0 amide bonds. The third-order valence-corrected chi connectivity index (χ3v) is 7.00. The van der Waals surface area contributed by atoms with Crippen molar-refractivity contribution in [1.82, 2.24) is 25.1 Å². The Labute approximate surface area is 189 Å². The number of halogens is 1. The van der Waals surface area contributed by atoms with Crippen molar-refractivity contribution in [3.05, 3.63) is 70.8 Å². The molecule has 1 unspecified atom stereocenters. The van der Waals surface area contributed by atoms with Crippen LogP contribution in [-0.4, -0.2) is 51.3 Å². The van der Waals surface area contributed by atoms with E-state index in [0.717, 1.165) is 50.4 Å². The lowest BCUT2D eigenvalue weighted by atomic mass is 10.0. The first-order chi connectivity index (χ1) is 15.6. The summed E-state index contributed by atoms with van der Waals surface area (Å²) in [5.74, 6) is 0.659. The van der Waals surface area contributed by atoms with Crippen LogP contribution in [0.3, 0.4) is 0 Å². The lowest BCUT2D eigenvalue weighted by molar-refractivity contribution is 0.197. The maximum atomic E-state index is 13.7. The van der Waals surface area contributed by atoms with Crippen LogP contribution in [0.1, 0.15) is 60.3 Å². The Balaban J connectivity index is 1.43. The van der Waals surface area contributed by atoms with Gasteiger partial charge in [-0.15, -0.1) is 5.10 Å². The van der Waals surface area contributed by atoms with Gasteiger partial charge in [0.2, 0.25) is 0 Å². The first-order valence-electron chi connectivity index (χ1n) is 11.7. The number of hydrogen-bond donors (Lipinski definition) is 0. The van der Waals surface area contributed by atoms with E-state index < -0.39 is 0 Å². The first kappa shape index (κ1) is 21.1. The number of rotatable bonds is 5. The number of anilines is 1. The molecule has 2 heterocycles. The van der Waals surface area contributed by atoms with Crippen LogP contribution in [0, 0.1) is 19.7 Å². The molecule has 2 aromatic carbocycles. The van der Waals surface area contributed by atoms with Gasteiger partial charge < -0.3 is 4.90 Å². The van der Waals surface area contributed by atoms with E-state index in [-0.39, 0.29) is 11.9 Å². The topological polar surface area (TPSA) is 50.1 Å². The molecule has 7 heteroatoms. The van der Waals surface area contributed by atoms with E-state index in [2.05, 4.69) is 57.4 Å². The summed E-state index contributed by atoms with van der Waals surface area (Å²) in [5.41, 5.74) is 4.96. The van der Waals surface area contributed by atoms with Crippen LogP contribution in [0.5, 0.6) is 0 Å². The molecule has 0 spiro atoms. The fraction of sp³-hybridized carbons (Fsp3) is 0.480. The number of benzene rings is 2. The molecule has 32 heavy (non-hydrogen) atoms. The summed E-state index contributed by atoms with van der Waals surface area (Å²) in [6, 6.07) is 13.8. The van der Waals surface area contributed by atoms with Crippen LogP contribution in [0.4, 0.5) is 10.1 Å². The van der Waals surface area contributed by atoms with Crippen LogP contribution < -0.4 is 4.90 Å². The molecule has 5 rings (SSSR count). The third kappa shape index (κ3) is 4.13. The molecule has 0 bridgehead atoms. The lowest BCUT2D eigenvalue weighted by Crippen LogP contribution is -2.48. The Kier molecular flexibility index (Phi) is 5.91.